The first-order valence-corrected chi connectivity index (χ1v) is 9.90. The number of hydrogen-bond acceptors (Lipinski definition) is 5. The van der Waals surface area contributed by atoms with E-state index in [0.717, 1.165) is 0 Å². The van der Waals surface area contributed by atoms with Crippen LogP contribution in [-0.4, -0.2) is 46.9 Å². The average Bonchev–Trinajstić information content (AvgIpc) is 3.26. The van der Waals surface area contributed by atoms with Gasteiger partial charge in [0.15, 0.2) is 0 Å². The lowest BCUT2D eigenvalue weighted by Gasteiger charge is -2.36. The van der Waals surface area contributed by atoms with Crippen LogP contribution in [0.1, 0.15) is 33.4 Å². The number of fused-ring (bicyclic) bond motifs is 1. The summed E-state index contributed by atoms with van der Waals surface area (Å²) in [5.74, 6) is -1.07. The number of nitrogens with zero attached hydrogens (tertiary/aromatic N) is 2. The molecule has 0 saturated carbocycles. The number of amides is 2. The maximum atomic E-state index is 13.3. The molecular weight excluding hydrogens is 441 g/mol. The number of carbonyl (C=O) groups is 2. The minimum atomic E-state index is -4.91. The maximum absolute atomic E-state index is 13.3. The largest absolute Gasteiger partial charge is 0.573 e. The number of benzene rings is 2. The number of aromatic nitrogens is 2. The molecule has 0 saturated heterocycles. The molecule has 0 spiro atoms. The van der Waals surface area contributed by atoms with Crippen molar-refractivity contribution in [3.05, 3.63) is 77.4 Å². The van der Waals surface area contributed by atoms with Crippen LogP contribution in [0.15, 0.2) is 54.9 Å². The minimum Gasteiger partial charge on any atom is -0.465 e. The first-order valence-electron chi connectivity index (χ1n) is 9.90. The van der Waals surface area contributed by atoms with Gasteiger partial charge < -0.3 is 24.7 Å². The number of methoxy groups -OCH3 is 1. The first-order chi connectivity index (χ1) is 15.8. The molecule has 1 atom stereocenters. The Balaban J connectivity index is 1.72. The predicted molar refractivity (Wildman–Crippen MR) is 111 cm³/mol. The molecule has 2 N–H and O–H groups in total. The Labute approximate surface area is 186 Å². The molecule has 0 radical (unpaired) electrons. The van der Waals surface area contributed by atoms with Gasteiger partial charge in [0.2, 0.25) is 0 Å². The molecule has 1 aliphatic heterocycles. The zero-order valence-electron chi connectivity index (χ0n) is 17.3. The number of esters is 1. The Morgan fingerprint density at radius 1 is 1.15 bits per heavy atom. The van der Waals surface area contributed by atoms with Crippen molar-refractivity contribution in [3.8, 4) is 5.75 Å². The Morgan fingerprint density at radius 3 is 2.64 bits per heavy atom. The van der Waals surface area contributed by atoms with Crippen LogP contribution in [-0.2, 0) is 11.2 Å². The molecule has 3 aromatic rings. The van der Waals surface area contributed by atoms with Crippen LogP contribution in [0.25, 0.3) is 0 Å². The smallest absolute Gasteiger partial charge is 0.465 e. The van der Waals surface area contributed by atoms with Gasteiger partial charge in [0, 0.05) is 24.2 Å². The molecule has 2 amide bonds. The topological polar surface area (TPSA) is 96.6 Å². The van der Waals surface area contributed by atoms with Gasteiger partial charge in [-0.3, -0.25) is 0 Å². The predicted octanol–water partition coefficient (Wildman–Crippen LogP) is 4.27. The second kappa shape index (κ2) is 8.85. The van der Waals surface area contributed by atoms with Crippen molar-refractivity contribution in [2.75, 3.05) is 19.0 Å². The number of ether oxygens (including phenoxy) is 2. The number of halogens is 3. The highest BCUT2D eigenvalue weighted by Crippen LogP contribution is 2.39. The number of aromatic amines is 1. The highest BCUT2D eigenvalue weighted by atomic mass is 19.4. The van der Waals surface area contributed by atoms with Crippen LogP contribution < -0.4 is 10.1 Å². The second-order valence-electron chi connectivity index (χ2n) is 7.17. The number of H-pyrrole nitrogens is 1. The van der Waals surface area contributed by atoms with Crippen molar-refractivity contribution in [2.45, 2.75) is 18.8 Å². The summed E-state index contributed by atoms with van der Waals surface area (Å²) < 4.78 is 48.1. The monoisotopic (exact) mass is 460 g/mol. The lowest BCUT2D eigenvalue weighted by molar-refractivity contribution is -0.275. The first kappa shape index (κ1) is 22.2. The Kier molecular flexibility index (Phi) is 5.95. The third-order valence-corrected chi connectivity index (χ3v) is 5.20. The van der Waals surface area contributed by atoms with E-state index >= 15 is 0 Å². The van der Waals surface area contributed by atoms with Gasteiger partial charge in [-0.15, -0.1) is 13.2 Å². The van der Waals surface area contributed by atoms with Gasteiger partial charge in [0.25, 0.3) is 0 Å². The maximum Gasteiger partial charge on any atom is 0.573 e. The lowest BCUT2D eigenvalue weighted by atomic mass is 9.95. The zero-order chi connectivity index (χ0) is 23.6. The van der Waals surface area contributed by atoms with Gasteiger partial charge in [0.05, 0.1) is 30.4 Å². The highest BCUT2D eigenvalue weighted by molar-refractivity contribution is 6.01. The Morgan fingerprint density at radius 2 is 1.88 bits per heavy atom. The average molecular weight is 460 g/mol. The number of imidazole rings is 1. The molecule has 4 rings (SSSR count). The van der Waals surface area contributed by atoms with Crippen LogP contribution in [0.4, 0.5) is 23.7 Å². The summed E-state index contributed by atoms with van der Waals surface area (Å²) in [7, 11) is 1.22. The second-order valence-corrected chi connectivity index (χ2v) is 7.17. The Hall–Kier alpha value is -4.02. The van der Waals surface area contributed by atoms with Crippen molar-refractivity contribution in [1.29, 1.82) is 0 Å². The quantitative estimate of drug-likeness (QED) is 0.567. The van der Waals surface area contributed by atoms with E-state index in [9.17, 15) is 22.8 Å². The number of para-hydroxylation sites is 2. The number of rotatable bonds is 4. The lowest BCUT2D eigenvalue weighted by Crippen LogP contribution is -2.43. The number of anilines is 1. The van der Waals surface area contributed by atoms with Gasteiger partial charge in [0.1, 0.15) is 11.8 Å². The summed E-state index contributed by atoms with van der Waals surface area (Å²) in [5.41, 5.74) is 1.60. The third kappa shape index (κ3) is 4.61. The molecule has 1 aliphatic rings. The number of nitrogens with one attached hydrogen (secondary N) is 2. The Bertz CT molecular complexity index is 1180. The minimum absolute atomic E-state index is 0.124. The standard InChI is InChI=1S/C22H19F3N4O4/c1-32-20(30)13-6-2-4-8-15(13)28-21(31)29-11-10-16-18(27-12-26-16)19(29)14-7-3-5-9-17(14)33-22(23,24)25/h2-9,12,19H,10-11H2,1H3,(H,26,27)(H,28,31)/t19-/m1/s1. The van der Waals surface area contributed by atoms with Crippen molar-refractivity contribution in [2.24, 2.45) is 0 Å². The molecule has 0 unspecified atom stereocenters. The van der Waals surface area contributed by atoms with Crippen molar-refractivity contribution < 1.29 is 32.2 Å². The zero-order valence-corrected chi connectivity index (χ0v) is 17.3. The molecule has 11 heteroatoms. The molecule has 2 aromatic carbocycles. The summed E-state index contributed by atoms with van der Waals surface area (Å²) in [5, 5.41) is 2.67. The van der Waals surface area contributed by atoms with E-state index in [4.69, 9.17) is 4.74 Å². The molecule has 172 valence electrons. The van der Waals surface area contributed by atoms with Crippen molar-refractivity contribution in [3.63, 3.8) is 0 Å². The van der Waals surface area contributed by atoms with Gasteiger partial charge in [-0.2, -0.15) is 0 Å². The molecule has 1 aromatic heterocycles. The highest BCUT2D eigenvalue weighted by Gasteiger charge is 2.39. The van der Waals surface area contributed by atoms with Crippen molar-refractivity contribution >= 4 is 17.7 Å². The number of alkyl halides is 3. The summed E-state index contributed by atoms with van der Waals surface area (Å²) in [6.07, 6.45) is -3.06. The summed E-state index contributed by atoms with van der Waals surface area (Å²) >= 11 is 0. The van der Waals surface area contributed by atoms with E-state index in [-0.39, 0.29) is 23.4 Å². The fraction of sp³-hybridized carbons (Fsp3) is 0.227. The normalized spacial score (nSPS) is 15.5. The van der Waals surface area contributed by atoms with Gasteiger partial charge in [-0.05, 0) is 18.2 Å². The van der Waals surface area contributed by atoms with E-state index in [1.54, 1.807) is 18.2 Å². The van der Waals surface area contributed by atoms with Crippen LogP contribution >= 0.6 is 0 Å². The van der Waals surface area contributed by atoms with Gasteiger partial charge in [-0.1, -0.05) is 30.3 Å². The fourth-order valence-corrected chi connectivity index (χ4v) is 3.80. The van der Waals surface area contributed by atoms with Crippen LogP contribution in [0.3, 0.4) is 0 Å². The molecule has 33 heavy (non-hydrogen) atoms. The number of hydrogen-bond donors (Lipinski definition) is 2. The fourth-order valence-electron chi connectivity index (χ4n) is 3.80. The summed E-state index contributed by atoms with van der Waals surface area (Å²) in [6, 6.07) is 10.3. The molecule has 8 nitrogen and oxygen atoms in total. The van der Waals surface area contributed by atoms with E-state index in [2.05, 4.69) is 20.0 Å². The van der Waals surface area contributed by atoms with Crippen molar-refractivity contribution in [1.82, 2.24) is 14.9 Å². The summed E-state index contributed by atoms with van der Waals surface area (Å²) in [6.45, 7) is 0.187. The number of urea groups is 1. The van der Waals surface area contributed by atoms with Gasteiger partial charge in [-0.25, -0.2) is 14.6 Å². The van der Waals surface area contributed by atoms with Crippen LogP contribution in [0.5, 0.6) is 5.75 Å². The number of carbonyl (C=O) groups excluding carboxylic acids is 2. The molecule has 2 heterocycles. The van der Waals surface area contributed by atoms with E-state index in [1.807, 2.05) is 0 Å². The summed E-state index contributed by atoms with van der Waals surface area (Å²) in [4.78, 5) is 34.0. The molecule has 0 fully saturated rings. The molecular formula is C22H19F3N4O4. The molecule has 0 bridgehead atoms. The van der Waals surface area contributed by atoms with Gasteiger partial charge >= 0.3 is 18.4 Å². The van der Waals surface area contributed by atoms with E-state index in [1.165, 1.54) is 48.7 Å². The SMILES string of the molecule is COC(=O)c1ccccc1NC(=O)N1CCc2[nH]cnc2[C@H]1c1ccccc1OC(F)(F)F. The van der Waals surface area contributed by atoms with Crippen LogP contribution in [0, 0.1) is 0 Å². The van der Waals surface area contributed by atoms with Crippen LogP contribution in [0.2, 0.25) is 0 Å². The third-order valence-electron chi connectivity index (χ3n) is 5.20. The van der Waals surface area contributed by atoms with E-state index < -0.39 is 30.2 Å². The van der Waals surface area contributed by atoms with E-state index in [0.29, 0.717) is 17.8 Å². The molecule has 0 aliphatic carbocycles.